The molecule has 1 N–H and O–H groups in total. The van der Waals surface area contributed by atoms with E-state index in [0.717, 1.165) is 22.5 Å². The number of anilines is 2. The van der Waals surface area contributed by atoms with E-state index >= 15 is 0 Å². The van der Waals surface area contributed by atoms with Gasteiger partial charge in [0, 0.05) is 25.5 Å². The molecule has 0 radical (unpaired) electrons. The number of para-hydroxylation sites is 1. The lowest BCUT2D eigenvalue weighted by Gasteiger charge is -2.16. The molecular formula is C21H26N2O3. The molecule has 0 spiro atoms. The van der Waals surface area contributed by atoms with E-state index in [-0.39, 0.29) is 18.4 Å². The van der Waals surface area contributed by atoms with E-state index in [4.69, 9.17) is 4.74 Å². The van der Waals surface area contributed by atoms with Crippen molar-refractivity contribution in [3.8, 4) is 0 Å². The van der Waals surface area contributed by atoms with Crippen LogP contribution >= 0.6 is 0 Å². The largest absolute Gasteiger partial charge is 0.452 e. The van der Waals surface area contributed by atoms with Gasteiger partial charge >= 0.3 is 5.97 Å². The molecule has 5 heteroatoms. The van der Waals surface area contributed by atoms with Gasteiger partial charge in [0.2, 0.25) is 0 Å². The maximum Gasteiger partial charge on any atom is 0.338 e. The highest BCUT2D eigenvalue weighted by Crippen LogP contribution is 2.27. The Bertz CT molecular complexity index is 780. The number of hydrogen-bond acceptors (Lipinski definition) is 4. The summed E-state index contributed by atoms with van der Waals surface area (Å²) in [5.74, 6) is -0.582. The van der Waals surface area contributed by atoms with E-state index in [1.165, 1.54) is 0 Å². The normalized spacial score (nSPS) is 10.5. The van der Waals surface area contributed by atoms with Crippen molar-refractivity contribution in [3.05, 3.63) is 59.2 Å². The van der Waals surface area contributed by atoms with Crippen LogP contribution in [0.3, 0.4) is 0 Å². The first-order valence-electron chi connectivity index (χ1n) is 8.63. The minimum absolute atomic E-state index is 0.281. The Balaban J connectivity index is 1.98. The zero-order valence-electron chi connectivity index (χ0n) is 16.0. The smallest absolute Gasteiger partial charge is 0.338 e. The van der Waals surface area contributed by atoms with Crippen molar-refractivity contribution in [2.45, 2.75) is 26.7 Å². The van der Waals surface area contributed by atoms with Crippen LogP contribution < -0.4 is 10.2 Å². The first-order chi connectivity index (χ1) is 12.3. The number of esters is 1. The van der Waals surface area contributed by atoms with Crippen molar-refractivity contribution >= 4 is 23.3 Å². The predicted molar refractivity (Wildman–Crippen MR) is 105 cm³/mol. The molecule has 0 saturated heterocycles. The highest BCUT2D eigenvalue weighted by atomic mass is 16.5. The molecule has 0 unspecified atom stereocenters. The standard InChI is InChI=1S/C21H26N2O3/c1-14(2)18-8-6-7-15(3)20(18)22-19(24)13-26-21(25)16-9-11-17(12-10-16)23(4)5/h6-12,14H,13H2,1-5H3,(H,22,24). The zero-order chi connectivity index (χ0) is 19.3. The maximum atomic E-state index is 12.2. The van der Waals surface area contributed by atoms with Gasteiger partial charge in [-0.2, -0.15) is 0 Å². The predicted octanol–water partition coefficient (Wildman–Crippen LogP) is 3.98. The van der Waals surface area contributed by atoms with Gasteiger partial charge in [0.05, 0.1) is 5.56 Å². The van der Waals surface area contributed by atoms with Crippen LogP contribution in [0.2, 0.25) is 0 Å². The Morgan fingerprint density at radius 1 is 1.08 bits per heavy atom. The third kappa shape index (κ3) is 4.85. The second-order valence-corrected chi connectivity index (χ2v) is 6.76. The molecule has 0 aliphatic carbocycles. The fraction of sp³-hybridized carbons (Fsp3) is 0.333. The Hall–Kier alpha value is -2.82. The fourth-order valence-electron chi connectivity index (χ4n) is 2.63. The van der Waals surface area contributed by atoms with Gasteiger partial charge < -0.3 is 15.0 Å². The summed E-state index contributed by atoms with van der Waals surface area (Å²) in [4.78, 5) is 26.3. The molecule has 0 atom stereocenters. The van der Waals surface area contributed by atoms with Crippen molar-refractivity contribution in [1.82, 2.24) is 0 Å². The van der Waals surface area contributed by atoms with Crippen LogP contribution in [0.15, 0.2) is 42.5 Å². The molecule has 0 bridgehead atoms. The zero-order valence-corrected chi connectivity index (χ0v) is 16.0. The summed E-state index contributed by atoms with van der Waals surface area (Å²) < 4.78 is 5.14. The van der Waals surface area contributed by atoms with Crippen LogP contribution in [0.4, 0.5) is 11.4 Å². The summed E-state index contributed by atoms with van der Waals surface area (Å²) in [7, 11) is 3.85. The summed E-state index contributed by atoms with van der Waals surface area (Å²) in [6.45, 7) is 5.77. The van der Waals surface area contributed by atoms with E-state index in [0.29, 0.717) is 5.56 Å². The topological polar surface area (TPSA) is 58.6 Å². The molecule has 2 rings (SSSR count). The number of carbonyl (C=O) groups excluding carboxylic acids is 2. The number of carbonyl (C=O) groups is 2. The summed E-state index contributed by atoms with van der Waals surface area (Å²) >= 11 is 0. The average Bonchev–Trinajstić information content (AvgIpc) is 2.61. The minimum Gasteiger partial charge on any atom is -0.452 e. The molecule has 0 aliphatic heterocycles. The molecule has 26 heavy (non-hydrogen) atoms. The summed E-state index contributed by atoms with van der Waals surface area (Å²) in [5.41, 5.74) is 4.24. The molecule has 0 heterocycles. The van der Waals surface area contributed by atoms with Crippen molar-refractivity contribution in [2.75, 3.05) is 30.9 Å². The molecule has 0 aromatic heterocycles. The van der Waals surface area contributed by atoms with Gasteiger partial charge in [-0.15, -0.1) is 0 Å². The fourth-order valence-corrected chi connectivity index (χ4v) is 2.63. The monoisotopic (exact) mass is 354 g/mol. The molecule has 138 valence electrons. The van der Waals surface area contributed by atoms with Gasteiger partial charge in [-0.25, -0.2) is 4.79 Å². The highest BCUT2D eigenvalue weighted by Gasteiger charge is 2.14. The molecule has 5 nitrogen and oxygen atoms in total. The van der Waals surface area contributed by atoms with Crippen LogP contribution in [0.1, 0.15) is 41.3 Å². The van der Waals surface area contributed by atoms with E-state index in [9.17, 15) is 9.59 Å². The number of nitrogens with zero attached hydrogens (tertiary/aromatic N) is 1. The molecule has 2 aromatic rings. The number of aryl methyl sites for hydroxylation is 1. The van der Waals surface area contributed by atoms with Crippen LogP contribution in [0, 0.1) is 6.92 Å². The first-order valence-corrected chi connectivity index (χ1v) is 8.63. The SMILES string of the molecule is Cc1cccc(C(C)C)c1NC(=O)COC(=O)c1ccc(N(C)C)cc1. The van der Waals surface area contributed by atoms with Gasteiger partial charge in [0.1, 0.15) is 0 Å². The maximum absolute atomic E-state index is 12.2. The molecule has 0 fully saturated rings. The lowest BCUT2D eigenvalue weighted by Crippen LogP contribution is -2.22. The third-order valence-corrected chi connectivity index (χ3v) is 4.15. The molecule has 0 aliphatic rings. The van der Waals surface area contributed by atoms with Crippen molar-refractivity contribution in [1.29, 1.82) is 0 Å². The van der Waals surface area contributed by atoms with Gasteiger partial charge in [-0.05, 0) is 48.2 Å². The van der Waals surface area contributed by atoms with E-state index < -0.39 is 5.97 Å². The number of nitrogens with one attached hydrogen (secondary N) is 1. The van der Waals surface area contributed by atoms with Crippen LogP contribution in [-0.2, 0) is 9.53 Å². The number of benzene rings is 2. The van der Waals surface area contributed by atoms with Crippen molar-refractivity contribution in [3.63, 3.8) is 0 Å². The third-order valence-electron chi connectivity index (χ3n) is 4.15. The van der Waals surface area contributed by atoms with E-state index in [1.54, 1.807) is 12.1 Å². The van der Waals surface area contributed by atoms with E-state index in [2.05, 4.69) is 19.2 Å². The van der Waals surface area contributed by atoms with Crippen LogP contribution in [0.5, 0.6) is 0 Å². The molecular weight excluding hydrogens is 328 g/mol. The highest BCUT2D eigenvalue weighted by molar-refractivity contribution is 5.96. The van der Waals surface area contributed by atoms with Gasteiger partial charge in [-0.3, -0.25) is 4.79 Å². The Morgan fingerprint density at radius 2 is 1.73 bits per heavy atom. The van der Waals surface area contributed by atoms with Gasteiger partial charge in [-0.1, -0.05) is 32.0 Å². The number of ether oxygens (including phenoxy) is 1. The summed E-state index contributed by atoms with van der Waals surface area (Å²) in [6, 6.07) is 12.9. The summed E-state index contributed by atoms with van der Waals surface area (Å²) in [6.07, 6.45) is 0. The van der Waals surface area contributed by atoms with Gasteiger partial charge in [0.15, 0.2) is 6.61 Å². The number of rotatable bonds is 6. The Morgan fingerprint density at radius 3 is 2.31 bits per heavy atom. The lowest BCUT2D eigenvalue weighted by atomic mass is 9.98. The number of amides is 1. The lowest BCUT2D eigenvalue weighted by molar-refractivity contribution is -0.119. The van der Waals surface area contributed by atoms with Crippen molar-refractivity contribution in [2.24, 2.45) is 0 Å². The van der Waals surface area contributed by atoms with Gasteiger partial charge in [0.25, 0.3) is 5.91 Å². The summed E-state index contributed by atoms with van der Waals surface area (Å²) in [5, 5.41) is 2.87. The minimum atomic E-state index is -0.515. The Kier molecular flexibility index (Phi) is 6.39. The quantitative estimate of drug-likeness (QED) is 0.797. The van der Waals surface area contributed by atoms with Crippen LogP contribution in [-0.4, -0.2) is 32.6 Å². The second-order valence-electron chi connectivity index (χ2n) is 6.76. The first kappa shape index (κ1) is 19.5. The van der Waals surface area contributed by atoms with E-state index in [1.807, 2.05) is 56.3 Å². The van der Waals surface area contributed by atoms with Crippen molar-refractivity contribution < 1.29 is 14.3 Å². The molecule has 2 aromatic carbocycles. The molecule has 0 saturated carbocycles. The van der Waals surface area contributed by atoms with Crippen LogP contribution in [0.25, 0.3) is 0 Å². The molecule has 1 amide bonds. The average molecular weight is 354 g/mol. The number of hydrogen-bond donors (Lipinski definition) is 1. The second kappa shape index (κ2) is 8.52. The Labute approximate surface area is 155 Å².